The molecule has 0 spiro atoms. The molecule has 0 aliphatic carbocycles. The SMILES string of the molecule is c1ccc(-c2cc3ncnc(Nc4ccc5cc[nH]c5c4)c3s2)cc1. The highest BCUT2D eigenvalue weighted by Crippen LogP contribution is 2.36. The molecule has 0 unspecified atom stereocenters. The summed E-state index contributed by atoms with van der Waals surface area (Å²) < 4.78 is 1.06. The summed E-state index contributed by atoms with van der Waals surface area (Å²) in [6.07, 6.45) is 3.56. The molecule has 2 aromatic carbocycles. The van der Waals surface area contributed by atoms with E-state index in [-0.39, 0.29) is 0 Å². The summed E-state index contributed by atoms with van der Waals surface area (Å²) in [5.74, 6) is 0.836. The second kappa shape index (κ2) is 5.72. The zero-order valence-corrected chi connectivity index (χ0v) is 14.0. The van der Waals surface area contributed by atoms with E-state index < -0.39 is 0 Å². The van der Waals surface area contributed by atoms with Crippen molar-refractivity contribution < 1.29 is 0 Å². The Morgan fingerprint density at radius 2 is 1.84 bits per heavy atom. The fraction of sp³-hybridized carbons (Fsp3) is 0. The maximum absolute atomic E-state index is 4.45. The Labute approximate surface area is 148 Å². The van der Waals surface area contributed by atoms with Gasteiger partial charge in [0.1, 0.15) is 6.33 Å². The van der Waals surface area contributed by atoms with Gasteiger partial charge in [-0.25, -0.2) is 9.97 Å². The van der Waals surface area contributed by atoms with Crippen molar-refractivity contribution in [2.24, 2.45) is 0 Å². The van der Waals surface area contributed by atoms with E-state index >= 15 is 0 Å². The predicted octanol–water partition coefficient (Wildman–Crippen LogP) is 5.58. The van der Waals surface area contributed by atoms with Crippen molar-refractivity contribution in [3.8, 4) is 10.4 Å². The highest BCUT2D eigenvalue weighted by atomic mass is 32.1. The van der Waals surface area contributed by atoms with Gasteiger partial charge >= 0.3 is 0 Å². The number of H-pyrrole nitrogens is 1. The van der Waals surface area contributed by atoms with Crippen LogP contribution in [0.5, 0.6) is 0 Å². The van der Waals surface area contributed by atoms with E-state index in [9.17, 15) is 0 Å². The Balaban J connectivity index is 1.57. The maximum atomic E-state index is 4.45. The molecule has 0 radical (unpaired) electrons. The molecule has 0 aliphatic heterocycles. The molecule has 25 heavy (non-hydrogen) atoms. The third-order valence-electron chi connectivity index (χ3n) is 4.19. The molecule has 0 aliphatic rings. The molecule has 0 saturated heterocycles. The van der Waals surface area contributed by atoms with Crippen LogP contribution < -0.4 is 5.32 Å². The lowest BCUT2D eigenvalue weighted by molar-refractivity contribution is 1.23. The first-order valence-electron chi connectivity index (χ1n) is 8.01. The van der Waals surface area contributed by atoms with Crippen molar-refractivity contribution in [3.05, 3.63) is 73.2 Å². The molecule has 0 fully saturated rings. The largest absolute Gasteiger partial charge is 0.361 e. The van der Waals surface area contributed by atoms with E-state index in [0.717, 1.165) is 27.2 Å². The first-order valence-corrected chi connectivity index (χ1v) is 8.83. The summed E-state index contributed by atoms with van der Waals surface area (Å²) in [6.45, 7) is 0. The third-order valence-corrected chi connectivity index (χ3v) is 5.37. The molecule has 3 heterocycles. The predicted molar refractivity (Wildman–Crippen MR) is 104 cm³/mol. The number of rotatable bonds is 3. The molecule has 3 aromatic heterocycles. The van der Waals surface area contributed by atoms with E-state index in [1.54, 1.807) is 17.7 Å². The molecule has 2 N–H and O–H groups in total. The lowest BCUT2D eigenvalue weighted by Crippen LogP contribution is -1.94. The van der Waals surface area contributed by atoms with Crippen molar-refractivity contribution in [3.63, 3.8) is 0 Å². The summed E-state index contributed by atoms with van der Waals surface area (Å²) in [7, 11) is 0. The number of aromatic amines is 1. The van der Waals surface area contributed by atoms with E-state index in [1.807, 2.05) is 12.3 Å². The highest BCUT2D eigenvalue weighted by molar-refractivity contribution is 7.22. The number of benzene rings is 2. The van der Waals surface area contributed by atoms with Gasteiger partial charge in [-0.3, -0.25) is 0 Å². The van der Waals surface area contributed by atoms with E-state index in [4.69, 9.17) is 0 Å². The molecule has 0 bridgehead atoms. The van der Waals surface area contributed by atoms with Crippen LogP contribution in [0.2, 0.25) is 0 Å². The number of nitrogens with zero attached hydrogens (tertiary/aromatic N) is 2. The van der Waals surface area contributed by atoms with Crippen molar-refractivity contribution in [1.82, 2.24) is 15.0 Å². The van der Waals surface area contributed by atoms with Crippen LogP contribution in [-0.2, 0) is 0 Å². The van der Waals surface area contributed by atoms with Crippen LogP contribution in [0.1, 0.15) is 0 Å². The zero-order valence-electron chi connectivity index (χ0n) is 13.2. The molecular weight excluding hydrogens is 328 g/mol. The minimum absolute atomic E-state index is 0.836. The zero-order chi connectivity index (χ0) is 16.6. The maximum Gasteiger partial charge on any atom is 0.151 e. The van der Waals surface area contributed by atoms with Gasteiger partial charge in [0.25, 0.3) is 0 Å². The number of hydrogen-bond acceptors (Lipinski definition) is 4. The summed E-state index contributed by atoms with van der Waals surface area (Å²) in [5.41, 5.74) is 4.27. The van der Waals surface area contributed by atoms with Gasteiger partial charge in [0.05, 0.1) is 10.2 Å². The minimum atomic E-state index is 0.836. The molecule has 4 nitrogen and oxygen atoms in total. The van der Waals surface area contributed by atoms with Gasteiger partial charge in [-0.2, -0.15) is 0 Å². The summed E-state index contributed by atoms with van der Waals surface area (Å²) >= 11 is 1.71. The molecule has 5 aromatic rings. The van der Waals surface area contributed by atoms with Gasteiger partial charge in [0.15, 0.2) is 5.82 Å². The molecule has 0 amide bonds. The number of hydrogen-bond donors (Lipinski definition) is 2. The number of fused-ring (bicyclic) bond motifs is 2. The summed E-state index contributed by atoms with van der Waals surface area (Å²) in [6, 6.07) is 20.8. The van der Waals surface area contributed by atoms with Gasteiger partial charge in [-0.15, -0.1) is 11.3 Å². The topological polar surface area (TPSA) is 53.6 Å². The highest BCUT2D eigenvalue weighted by Gasteiger charge is 2.10. The van der Waals surface area contributed by atoms with Crippen LogP contribution in [0, 0.1) is 0 Å². The van der Waals surface area contributed by atoms with E-state index in [0.29, 0.717) is 0 Å². The van der Waals surface area contributed by atoms with Crippen LogP contribution >= 0.6 is 11.3 Å². The molecule has 0 atom stereocenters. The average molecular weight is 342 g/mol. The van der Waals surface area contributed by atoms with Gasteiger partial charge in [-0.1, -0.05) is 36.4 Å². The Bertz CT molecular complexity index is 1170. The second-order valence-electron chi connectivity index (χ2n) is 5.82. The summed E-state index contributed by atoms with van der Waals surface area (Å²) in [5, 5.41) is 4.63. The normalized spacial score (nSPS) is 11.2. The van der Waals surface area contributed by atoms with Crippen molar-refractivity contribution in [2.45, 2.75) is 0 Å². The molecule has 120 valence electrons. The van der Waals surface area contributed by atoms with Crippen LogP contribution in [0.15, 0.2) is 73.2 Å². The minimum Gasteiger partial charge on any atom is -0.361 e. The Kier molecular flexibility index (Phi) is 3.24. The second-order valence-corrected chi connectivity index (χ2v) is 6.87. The fourth-order valence-electron chi connectivity index (χ4n) is 2.95. The quantitative estimate of drug-likeness (QED) is 0.450. The summed E-state index contributed by atoms with van der Waals surface area (Å²) in [4.78, 5) is 13.3. The van der Waals surface area contributed by atoms with Gasteiger partial charge in [0, 0.05) is 22.3 Å². The molecule has 5 rings (SSSR count). The van der Waals surface area contributed by atoms with Crippen molar-refractivity contribution in [2.75, 3.05) is 5.32 Å². The van der Waals surface area contributed by atoms with Gasteiger partial charge in [0.2, 0.25) is 0 Å². The van der Waals surface area contributed by atoms with Crippen LogP contribution in [0.25, 0.3) is 31.6 Å². The van der Waals surface area contributed by atoms with E-state index in [2.05, 4.69) is 74.9 Å². The Hall–Kier alpha value is -3.18. The number of anilines is 2. The number of thiophene rings is 1. The third kappa shape index (κ3) is 2.55. The van der Waals surface area contributed by atoms with Crippen LogP contribution in [0.3, 0.4) is 0 Å². The van der Waals surface area contributed by atoms with Crippen LogP contribution in [-0.4, -0.2) is 15.0 Å². The van der Waals surface area contributed by atoms with Gasteiger partial charge < -0.3 is 10.3 Å². The lowest BCUT2D eigenvalue weighted by Gasteiger charge is -2.06. The molecule has 5 heteroatoms. The van der Waals surface area contributed by atoms with Gasteiger partial charge in [-0.05, 0) is 35.2 Å². The molecular formula is C20H14N4S. The lowest BCUT2D eigenvalue weighted by atomic mass is 10.2. The monoisotopic (exact) mass is 342 g/mol. The Morgan fingerprint density at radius 3 is 2.76 bits per heavy atom. The first kappa shape index (κ1) is 14.2. The fourth-order valence-corrected chi connectivity index (χ4v) is 4.01. The smallest absolute Gasteiger partial charge is 0.151 e. The van der Waals surface area contributed by atoms with Crippen molar-refractivity contribution in [1.29, 1.82) is 0 Å². The van der Waals surface area contributed by atoms with Crippen LogP contribution in [0.4, 0.5) is 11.5 Å². The average Bonchev–Trinajstić information content (AvgIpc) is 3.29. The standard InChI is InChI=1S/C20H14N4S/c1-2-4-14(5-3-1)18-11-17-19(25-18)20(23-12-22-17)24-15-7-6-13-8-9-21-16(13)10-15/h1-12,21H,(H,22,23,24). The number of nitrogens with one attached hydrogen (secondary N) is 2. The Morgan fingerprint density at radius 1 is 0.920 bits per heavy atom. The first-order chi connectivity index (χ1) is 12.4. The van der Waals surface area contributed by atoms with E-state index in [1.165, 1.54) is 15.8 Å². The number of aromatic nitrogens is 3. The molecule has 0 saturated carbocycles. The van der Waals surface area contributed by atoms with Crippen molar-refractivity contribution >= 4 is 44.0 Å².